The molecule has 1 N–H and O–H groups in total. The van der Waals surface area contributed by atoms with Crippen molar-refractivity contribution < 1.29 is 42.9 Å². The molecule has 1 aromatic rings. The summed E-state index contributed by atoms with van der Waals surface area (Å²) in [7, 11) is 0. The van der Waals surface area contributed by atoms with Crippen LogP contribution in [0, 0.1) is 0 Å². The standard InChI is InChI=1S/C20H24BrNO9/c1-10(23)22-17-19(29-13(4)26)18(28-12(3)25)16(9-27-11(2)24)31-20(17)30-15-7-5-14(21)6-8-15/h5-8,16-20H,9H2,1-4H3,(H,22,23)/t16-,17+,18+,19-,20-/m0/s1. The molecule has 0 bridgehead atoms. The van der Waals surface area contributed by atoms with Gasteiger partial charge in [0.2, 0.25) is 12.2 Å². The number of nitrogens with one attached hydrogen (secondary N) is 1. The molecule has 1 fully saturated rings. The van der Waals surface area contributed by atoms with Gasteiger partial charge in [-0.15, -0.1) is 0 Å². The van der Waals surface area contributed by atoms with Crippen LogP contribution in [0.4, 0.5) is 0 Å². The lowest BCUT2D eigenvalue weighted by atomic mass is 9.96. The van der Waals surface area contributed by atoms with E-state index in [1.54, 1.807) is 24.3 Å². The summed E-state index contributed by atoms with van der Waals surface area (Å²) in [5.74, 6) is -1.97. The molecule has 1 aromatic carbocycles. The van der Waals surface area contributed by atoms with Crippen LogP contribution < -0.4 is 10.1 Å². The first-order chi connectivity index (χ1) is 14.6. The molecule has 170 valence electrons. The molecule has 1 aliphatic heterocycles. The quantitative estimate of drug-likeness (QED) is 0.436. The van der Waals surface area contributed by atoms with E-state index < -0.39 is 54.5 Å². The number of carbonyl (C=O) groups excluding carboxylic acids is 4. The minimum atomic E-state index is -1.17. The highest BCUT2D eigenvalue weighted by Gasteiger charge is 2.51. The third-order valence-corrected chi connectivity index (χ3v) is 4.67. The van der Waals surface area contributed by atoms with Crippen LogP contribution in [0.2, 0.25) is 0 Å². The lowest BCUT2D eigenvalue weighted by molar-refractivity contribution is -0.257. The molecule has 1 amide bonds. The maximum atomic E-state index is 11.9. The van der Waals surface area contributed by atoms with Gasteiger partial charge in [-0.25, -0.2) is 0 Å². The van der Waals surface area contributed by atoms with Crippen molar-refractivity contribution in [3.05, 3.63) is 28.7 Å². The molecule has 0 radical (unpaired) electrons. The van der Waals surface area contributed by atoms with E-state index in [4.69, 9.17) is 23.7 Å². The Labute approximate surface area is 187 Å². The molecule has 1 aliphatic rings. The van der Waals surface area contributed by atoms with Gasteiger partial charge in [-0.1, -0.05) is 15.9 Å². The summed E-state index contributed by atoms with van der Waals surface area (Å²) in [6.07, 6.45) is -4.51. The molecule has 1 saturated heterocycles. The van der Waals surface area contributed by atoms with E-state index in [9.17, 15) is 19.2 Å². The second-order valence-corrected chi connectivity index (χ2v) is 7.71. The fourth-order valence-electron chi connectivity index (χ4n) is 3.04. The first-order valence-electron chi connectivity index (χ1n) is 9.39. The van der Waals surface area contributed by atoms with Crippen molar-refractivity contribution >= 4 is 39.7 Å². The second kappa shape index (κ2) is 11.1. The third kappa shape index (κ3) is 7.51. The van der Waals surface area contributed by atoms with Crippen LogP contribution in [0.5, 0.6) is 5.75 Å². The monoisotopic (exact) mass is 501 g/mol. The van der Waals surface area contributed by atoms with E-state index in [1.165, 1.54) is 27.7 Å². The van der Waals surface area contributed by atoms with Crippen molar-refractivity contribution in [2.45, 2.75) is 58.3 Å². The molecule has 11 heteroatoms. The van der Waals surface area contributed by atoms with Crippen LogP contribution in [-0.4, -0.2) is 61.1 Å². The Hall–Kier alpha value is -2.66. The first kappa shape index (κ1) is 24.6. The number of benzene rings is 1. The summed E-state index contributed by atoms with van der Waals surface area (Å²) in [4.78, 5) is 46.7. The summed E-state index contributed by atoms with van der Waals surface area (Å²) >= 11 is 3.33. The highest BCUT2D eigenvalue weighted by molar-refractivity contribution is 9.10. The first-order valence-corrected chi connectivity index (χ1v) is 10.2. The number of halogens is 1. The number of hydrogen-bond donors (Lipinski definition) is 1. The SMILES string of the molecule is CC(=O)N[C@H]1[C@@H](Oc2ccc(Br)cc2)O[C@@H](COC(C)=O)[C@@H](OC(C)=O)[C@H]1OC(C)=O. The number of amides is 1. The van der Waals surface area contributed by atoms with E-state index in [2.05, 4.69) is 21.2 Å². The summed E-state index contributed by atoms with van der Waals surface area (Å²) in [5.41, 5.74) is 0. The number of carbonyl (C=O) groups is 4. The van der Waals surface area contributed by atoms with Crippen LogP contribution in [0.15, 0.2) is 28.7 Å². The van der Waals surface area contributed by atoms with Gasteiger partial charge in [0.25, 0.3) is 0 Å². The predicted octanol–water partition coefficient (Wildman–Crippen LogP) is 1.48. The zero-order chi connectivity index (χ0) is 23.1. The van der Waals surface area contributed by atoms with E-state index in [0.717, 1.165) is 4.47 Å². The molecule has 0 spiro atoms. The highest BCUT2D eigenvalue weighted by atomic mass is 79.9. The highest BCUT2D eigenvalue weighted by Crippen LogP contribution is 2.29. The molecule has 0 aliphatic carbocycles. The van der Waals surface area contributed by atoms with E-state index in [-0.39, 0.29) is 6.61 Å². The Morgan fingerprint density at radius 3 is 2.03 bits per heavy atom. The average Bonchev–Trinajstić information content (AvgIpc) is 2.65. The van der Waals surface area contributed by atoms with E-state index >= 15 is 0 Å². The molecule has 10 nitrogen and oxygen atoms in total. The average molecular weight is 502 g/mol. The fraction of sp³-hybridized carbons (Fsp3) is 0.500. The predicted molar refractivity (Wildman–Crippen MR) is 109 cm³/mol. The lowest BCUT2D eigenvalue weighted by Crippen LogP contribution is -2.67. The van der Waals surface area contributed by atoms with Gasteiger partial charge in [-0.05, 0) is 24.3 Å². The molecule has 5 atom stereocenters. The van der Waals surface area contributed by atoms with Crippen LogP contribution in [0.1, 0.15) is 27.7 Å². The Kier molecular flexibility index (Phi) is 8.81. The molecule has 0 saturated carbocycles. The van der Waals surface area contributed by atoms with Gasteiger partial charge >= 0.3 is 17.9 Å². The number of rotatable bonds is 7. The van der Waals surface area contributed by atoms with Crippen molar-refractivity contribution in [2.24, 2.45) is 0 Å². The van der Waals surface area contributed by atoms with Crippen LogP contribution in [0.25, 0.3) is 0 Å². The van der Waals surface area contributed by atoms with Crippen LogP contribution >= 0.6 is 15.9 Å². The van der Waals surface area contributed by atoms with Crippen LogP contribution in [0.3, 0.4) is 0 Å². The van der Waals surface area contributed by atoms with Crippen molar-refractivity contribution in [1.82, 2.24) is 5.32 Å². The zero-order valence-electron chi connectivity index (χ0n) is 17.5. The normalized spacial score (nSPS) is 25.1. The molecule has 0 aromatic heterocycles. The van der Waals surface area contributed by atoms with Gasteiger partial charge in [0.15, 0.2) is 12.2 Å². The summed E-state index contributed by atoms with van der Waals surface area (Å²) in [5, 5.41) is 2.63. The lowest BCUT2D eigenvalue weighted by Gasteiger charge is -2.44. The summed E-state index contributed by atoms with van der Waals surface area (Å²) in [6, 6.07) is 5.79. The van der Waals surface area contributed by atoms with Gasteiger partial charge < -0.3 is 29.0 Å². The molecular formula is C20H24BrNO9. The van der Waals surface area contributed by atoms with Crippen molar-refractivity contribution in [1.29, 1.82) is 0 Å². The Bertz CT molecular complexity index is 813. The van der Waals surface area contributed by atoms with Gasteiger partial charge in [0.05, 0.1) is 0 Å². The smallest absolute Gasteiger partial charge is 0.303 e. The third-order valence-electron chi connectivity index (χ3n) is 4.14. The minimum absolute atomic E-state index is 0.294. The van der Waals surface area contributed by atoms with Gasteiger partial charge in [0.1, 0.15) is 24.5 Å². The van der Waals surface area contributed by atoms with E-state index in [1.807, 2.05) is 0 Å². The van der Waals surface area contributed by atoms with E-state index in [0.29, 0.717) is 5.75 Å². The molecule has 2 rings (SSSR count). The number of ether oxygens (including phenoxy) is 5. The van der Waals surface area contributed by atoms with Crippen LogP contribution in [-0.2, 0) is 38.1 Å². The summed E-state index contributed by atoms with van der Waals surface area (Å²) < 4.78 is 28.4. The zero-order valence-corrected chi connectivity index (χ0v) is 19.0. The maximum absolute atomic E-state index is 11.9. The topological polar surface area (TPSA) is 126 Å². The van der Waals surface area contributed by atoms with Crippen molar-refractivity contribution in [3.63, 3.8) is 0 Å². The molecule has 0 unspecified atom stereocenters. The van der Waals surface area contributed by atoms with Gasteiger partial charge in [0, 0.05) is 32.2 Å². The fourth-order valence-corrected chi connectivity index (χ4v) is 3.30. The molecule has 1 heterocycles. The molecule has 31 heavy (non-hydrogen) atoms. The Morgan fingerprint density at radius 2 is 1.52 bits per heavy atom. The van der Waals surface area contributed by atoms with Crippen molar-refractivity contribution in [2.75, 3.05) is 6.61 Å². The maximum Gasteiger partial charge on any atom is 0.303 e. The summed E-state index contributed by atoms with van der Waals surface area (Å²) in [6.45, 7) is 4.54. The number of esters is 3. The number of hydrogen-bond acceptors (Lipinski definition) is 9. The molecular weight excluding hydrogens is 478 g/mol. The Morgan fingerprint density at radius 1 is 0.935 bits per heavy atom. The largest absolute Gasteiger partial charge is 0.463 e. The van der Waals surface area contributed by atoms with Gasteiger partial charge in [-0.3, -0.25) is 19.2 Å². The van der Waals surface area contributed by atoms with Crippen molar-refractivity contribution in [3.8, 4) is 5.75 Å². The second-order valence-electron chi connectivity index (χ2n) is 6.79. The minimum Gasteiger partial charge on any atom is -0.463 e. The van der Waals surface area contributed by atoms with Gasteiger partial charge in [-0.2, -0.15) is 0 Å². The Balaban J connectivity index is 2.43.